The minimum absolute atomic E-state index is 0.145. The van der Waals surface area contributed by atoms with Crippen LogP contribution in [0.1, 0.15) is 11.1 Å². The van der Waals surface area contributed by atoms with Gasteiger partial charge in [0.15, 0.2) is 0 Å². The molecule has 4 nitrogen and oxygen atoms in total. The zero-order valence-electron chi connectivity index (χ0n) is 9.19. The molecule has 0 aliphatic heterocycles. The van der Waals surface area contributed by atoms with Crippen molar-refractivity contribution in [3.8, 4) is 0 Å². The van der Waals surface area contributed by atoms with Gasteiger partial charge in [-0.2, -0.15) is 0 Å². The van der Waals surface area contributed by atoms with Gasteiger partial charge in [-0.25, -0.2) is 4.79 Å². The molecule has 0 bridgehead atoms. The number of methoxy groups -OCH3 is 1. The molecule has 4 heteroatoms. The smallest absolute Gasteiger partial charge is 0.331 e. The highest BCUT2D eigenvalue weighted by molar-refractivity contribution is 6.22. The number of carbonyl (C=O) groups excluding carboxylic acids is 2. The number of hydrogen-bond donors (Lipinski definition) is 1. The Morgan fingerprint density at radius 1 is 1.25 bits per heavy atom. The van der Waals surface area contributed by atoms with Crippen LogP contribution in [-0.2, 0) is 14.3 Å². The van der Waals surface area contributed by atoms with Gasteiger partial charge in [0.05, 0.1) is 12.7 Å². The lowest BCUT2D eigenvalue weighted by atomic mass is 10.0. The lowest BCUT2D eigenvalue weighted by Gasteiger charge is -2.03. The first-order valence-corrected chi connectivity index (χ1v) is 4.71. The zero-order valence-corrected chi connectivity index (χ0v) is 9.19. The van der Waals surface area contributed by atoms with E-state index in [1.54, 1.807) is 12.1 Å². The second-order valence-corrected chi connectivity index (χ2v) is 3.31. The number of amides is 1. The molecule has 84 valence electrons. The second-order valence-electron chi connectivity index (χ2n) is 3.31. The topological polar surface area (TPSA) is 69.4 Å². The van der Waals surface area contributed by atoms with Crippen molar-refractivity contribution in [2.75, 3.05) is 7.11 Å². The minimum Gasteiger partial charge on any atom is -0.466 e. The summed E-state index contributed by atoms with van der Waals surface area (Å²) in [4.78, 5) is 22.2. The number of ether oxygens (including phenoxy) is 1. The Kier molecular flexibility index (Phi) is 3.83. The number of hydrogen-bond acceptors (Lipinski definition) is 3. The molecule has 1 rings (SSSR count). The number of primary amides is 1. The van der Waals surface area contributed by atoms with Crippen LogP contribution in [0.4, 0.5) is 0 Å². The first-order chi connectivity index (χ1) is 7.54. The fourth-order valence-corrected chi connectivity index (χ4v) is 1.21. The van der Waals surface area contributed by atoms with E-state index in [4.69, 9.17) is 5.73 Å². The van der Waals surface area contributed by atoms with Gasteiger partial charge in [-0.15, -0.1) is 0 Å². The van der Waals surface area contributed by atoms with Gasteiger partial charge in [-0.3, -0.25) is 4.79 Å². The molecule has 16 heavy (non-hydrogen) atoms. The third-order valence-corrected chi connectivity index (χ3v) is 2.09. The predicted molar refractivity (Wildman–Crippen MR) is 60.4 cm³/mol. The third-order valence-electron chi connectivity index (χ3n) is 2.09. The Morgan fingerprint density at radius 3 is 2.25 bits per heavy atom. The normalized spacial score (nSPS) is 11.0. The van der Waals surface area contributed by atoms with Gasteiger partial charge in [0, 0.05) is 6.08 Å². The first kappa shape index (κ1) is 12.0. The fourth-order valence-electron chi connectivity index (χ4n) is 1.21. The number of nitrogens with two attached hydrogens (primary N) is 1. The van der Waals surface area contributed by atoms with Gasteiger partial charge in [-0.1, -0.05) is 29.8 Å². The maximum Gasteiger partial charge on any atom is 0.331 e. The van der Waals surface area contributed by atoms with Crippen molar-refractivity contribution >= 4 is 17.4 Å². The first-order valence-electron chi connectivity index (χ1n) is 4.71. The molecule has 1 amide bonds. The van der Waals surface area contributed by atoms with Crippen LogP contribution in [0.5, 0.6) is 0 Å². The molecule has 0 aromatic heterocycles. The van der Waals surface area contributed by atoms with Crippen molar-refractivity contribution in [2.24, 2.45) is 5.73 Å². The molecule has 0 aliphatic carbocycles. The Morgan fingerprint density at radius 2 is 1.81 bits per heavy atom. The van der Waals surface area contributed by atoms with Gasteiger partial charge in [0.1, 0.15) is 0 Å². The molecule has 0 heterocycles. The second kappa shape index (κ2) is 5.11. The molecular weight excluding hydrogens is 206 g/mol. The zero-order chi connectivity index (χ0) is 12.1. The van der Waals surface area contributed by atoms with E-state index in [0.29, 0.717) is 5.56 Å². The lowest BCUT2D eigenvalue weighted by Crippen LogP contribution is -2.14. The maximum atomic E-state index is 11.2. The molecule has 0 unspecified atom stereocenters. The van der Waals surface area contributed by atoms with Gasteiger partial charge in [0.25, 0.3) is 0 Å². The number of carbonyl (C=O) groups is 2. The Hall–Kier alpha value is -2.10. The Balaban J connectivity index is 3.13. The summed E-state index contributed by atoms with van der Waals surface area (Å²) >= 11 is 0. The van der Waals surface area contributed by atoms with E-state index in [2.05, 4.69) is 4.74 Å². The molecule has 2 N–H and O–H groups in total. The SMILES string of the molecule is COC(=O)/C=C(\C(N)=O)c1ccc(C)cc1. The van der Waals surface area contributed by atoms with E-state index in [1.807, 2.05) is 19.1 Å². The highest BCUT2D eigenvalue weighted by Crippen LogP contribution is 2.14. The van der Waals surface area contributed by atoms with Crippen LogP contribution >= 0.6 is 0 Å². The van der Waals surface area contributed by atoms with Crippen molar-refractivity contribution < 1.29 is 14.3 Å². The molecule has 1 aromatic rings. The molecule has 0 radical (unpaired) electrons. The van der Waals surface area contributed by atoms with Crippen LogP contribution in [0, 0.1) is 6.92 Å². The van der Waals surface area contributed by atoms with E-state index >= 15 is 0 Å². The van der Waals surface area contributed by atoms with Crippen LogP contribution < -0.4 is 5.73 Å². The molecular formula is C12H13NO3. The van der Waals surface area contributed by atoms with Crippen LogP contribution in [-0.4, -0.2) is 19.0 Å². The standard InChI is InChI=1S/C12H13NO3/c1-8-3-5-9(6-4-8)10(12(13)15)7-11(14)16-2/h3-7H,1-2H3,(H2,13,15)/b10-7-. The molecule has 0 aliphatic rings. The maximum absolute atomic E-state index is 11.2. The van der Waals surface area contributed by atoms with Gasteiger partial charge < -0.3 is 10.5 Å². The van der Waals surface area contributed by atoms with Crippen LogP contribution in [0.3, 0.4) is 0 Å². The van der Waals surface area contributed by atoms with E-state index in [1.165, 1.54) is 7.11 Å². The van der Waals surface area contributed by atoms with Gasteiger partial charge >= 0.3 is 5.97 Å². The average Bonchev–Trinajstić information content (AvgIpc) is 2.26. The average molecular weight is 219 g/mol. The lowest BCUT2D eigenvalue weighted by molar-refractivity contribution is -0.135. The largest absolute Gasteiger partial charge is 0.466 e. The summed E-state index contributed by atoms with van der Waals surface area (Å²) in [6.07, 6.45) is 1.09. The van der Waals surface area contributed by atoms with Gasteiger partial charge in [-0.05, 0) is 12.5 Å². The number of benzene rings is 1. The molecule has 0 spiro atoms. The molecule has 0 saturated carbocycles. The quantitative estimate of drug-likeness (QED) is 0.610. The summed E-state index contributed by atoms with van der Waals surface area (Å²) in [6.45, 7) is 1.93. The van der Waals surface area contributed by atoms with Crippen molar-refractivity contribution in [3.63, 3.8) is 0 Å². The minimum atomic E-state index is -0.658. The van der Waals surface area contributed by atoms with E-state index < -0.39 is 11.9 Å². The van der Waals surface area contributed by atoms with Crippen LogP contribution in [0.25, 0.3) is 5.57 Å². The highest BCUT2D eigenvalue weighted by atomic mass is 16.5. The van der Waals surface area contributed by atoms with E-state index in [9.17, 15) is 9.59 Å². The third kappa shape index (κ3) is 2.95. The van der Waals surface area contributed by atoms with E-state index in [-0.39, 0.29) is 5.57 Å². The number of esters is 1. The summed E-state index contributed by atoms with van der Waals surface area (Å²) in [5.41, 5.74) is 7.00. The molecule has 0 fully saturated rings. The fraction of sp³-hybridized carbons (Fsp3) is 0.167. The Bertz CT molecular complexity index is 432. The van der Waals surface area contributed by atoms with Crippen LogP contribution in [0.2, 0.25) is 0 Å². The van der Waals surface area contributed by atoms with Gasteiger partial charge in [0.2, 0.25) is 5.91 Å². The number of rotatable bonds is 3. The summed E-state index contributed by atoms with van der Waals surface area (Å²) in [5, 5.41) is 0. The monoisotopic (exact) mass is 219 g/mol. The van der Waals surface area contributed by atoms with Crippen molar-refractivity contribution in [3.05, 3.63) is 41.5 Å². The molecule has 0 saturated heterocycles. The summed E-state index contributed by atoms with van der Waals surface area (Å²) in [7, 11) is 1.24. The van der Waals surface area contributed by atoms with E-state index in [0.717, 1.165) is 11.6 Å². The number of aryl methyl sites for hydroxylation is 1. The Labute approximate surface area is 93.7 Å². The molecule has 1 aromatic carbocycles. The summed E-state index contributed by atoms with van der Waals surface area (Å²) in [6, 6.07) is 7.14. The highest BCUT2D eigenvalue weighted by Gasteiger charge is 2.10. The van der Waals surface area contributed by atoms with Crippen molar-refractivity contribution in [1.82, 2.24) is 0 Å². The summed E-state index contributed by atoms with van der Waals surface area (Å²) < 4.78 is 4.45. The summed E-state index contributed by atoms with van der Waals surface area (Å²) in [5.74, 6) is -1.26. The van der Waals surface area contributed by atoms with Crippen molar-refractivity contribution in [2.45, 2.75) is 6.92 Å². The molecule has 0 atom stereocenters. The van der Waals surface area contributed by atoms with Crippen molar-refractivity contribution in [1.29, 1.82) is 0 Å². The van der Waals surface area contributed by atoms with Crippen LogP contribution in [0.15, 0.2) is 30.3 Å². The predicted octanol–water partition coefficient (Wildman–Crippen LogP) is 1.04.